The summed E-state index contributed by atoms with van der Waals surface area (Å²) in [5.74, 6) is -0.548. The van der Waals surface area contributed by atoms with E-state index in [1.807, 2.05) is 81.4 Å². The molecule has 46 heavy (non-hydrogen) atoms. The summed E-state index contributed by atoms with van der Waals surface area (Å²) in [6.07, 6.45) is 0.950. The molecule has 2 amide bonds. The van der Waals surface area contributed by atoms with Crippen molar-refractivity contribution in [3.05, 3.63) is 124 Å². The summed E-state index contributed by atoms with van der Waals surface area (Å²) in [5, 5.41) is 3.05. The summed E-state index contributed by atoms with van der Waals surface area (Å²) in [5.41, 5.74) is 2.68. The van der Waals surface area contributed by atoms with Crippen LogP contribution in [0.15, 0.2) is 112 Å². The van der Waals surface area contributed by atoms with Crippen molar-refractivity contribution in [2.75, 3.05) is 18.0 Å². The number of halogens is 1. The zero-order valence-corrected chi connectivity index (χ0v) is 28.9. The first-order valence-corrected chi connectivity index (χ1v) is 17.4. The van der Waals surface area contributed by atoms with Gasteiger partial charge in [0.15, 0.2) is 0 Å². The number of nitrogens with zero attached hydrogens (tertiary/aromatic N) is 2. The fourth-order valence-corrected chi connectivity index (χ4v) is 6.71. The van der Waals surface area contributed by atoms with Gasteiger partial charge >= 0.3 is 0 Å². The minimum atomic E-state index is -4.24. The van der Waals surface area contributed by atoms with E-state index < -0.39 is 28.5 Å². The minimum Gasteiger partial charge on any atom is -0.495 e. The number of sulfonamides is 1. The summed E-state index contributed by atoms with van der Waals surface area (Å²) < 4.78 is 36.1. The van der Waals surface area contributed by atoms with E-state index in [1.165, 1.54) is 24.1 Å². The third-order valence-electron chi connectivity index (χ3n) is 7.75. The first-order valence-electron chi connectivity index (χ1n) is 15.1. The third-order valence-corrected chi connectivity index (χ3v) is 10.1. The van der Waals surface area contributed by atoms with E-state index in [4.69, 9.17) is 4.74 Å². The highest BCUT2D eigenvalue weighted by molar-refractivity contribution is 9.10. The van der Waals surface area contributed by atoms with Crippen LogP contribution >= 0.6 is 15.9 Å². The van der Waals surface area contributed by atoms with E-state index in [0.29, 0.717) is 12.2 Å². The molecule has 0 aliphatic heterocycles. The van der Waals surface area contributed by atoms with Gasteiger partial charge in [-0.05, 0) is 73.4 Å². The molecule has 4 aromatic rings. The molecular weight excluding hydrogens is 666 g/mol. The van der Waals surface area contributed by atoms with E-state index in [2.05, 4.69) is 21.2 Å². The van der Waals surface area contributed by atoms with Crippen molar-refractivity contribution < 1.29 is 22.7 Å². The molecule has 0 unspecified atom stereocenters. The summed E-state index contributed by atoms with van der Waals surface area (Å²) in [7, 11) is -2.78. The number of hydrogen-bond donors (Lipinski definition) is 1. The Labute approximate surface area is 280 Å². The molecule has 0 radical (unpaired) electrons. The second kappa shape index (κ2) is 15.9. The Hall–Kier alpha value is -4.15. The van der Waals surface area contributed by atoms with Gasteiger partial charge in [-0.3, -0.25) is 13.9 Å². The summed E-state index contributed by atoms with van der Waals surface area (Å²) >= 11 is 3.46. The van der Waals surface area contributed by atoms with E-state index in [0.717, 1.165) is 25.5 Å². The number of aryl methyl sites for hydroxylation is 1. The van der Waals surface area contributed by atoms with Gasteiger partial charge in [-0.2, -0.15) is 0 Å². The summed E-state index contributed by atoms with van der Waals surface area (Å²) in [4.78, 5) is 30.1. The Morgan fingerprint density at radius 1 is 0.891 bits per heavy atom. The Balaban J connectivity index is 1.84. The van der Waals surface area contributed by atoms with Gasteiger partial charge in [0.25, 0.3) is 10.0 Å². The molecule has 0 spiro atoms. The zero-order valence-electron chi connectivity index (χ0n) is 26.5. The molecule has 10 heteroatoms. The standard InChI is InChI=1S/C36H40BrN3O5S/c1-5-27(3)38-36(42)33(23-28-12-8-6-9-13-28)39(24-29-17-19-30(37)20-18-29)35(41)25-40(32-22-26(2)16-21-34(32)45-4)46(43,44)31-14-10-7-11-15-31/h6-22,27,33H,5,23-25H2,1-4H3,(H,38,42)/t27-,33-/m1/s1. The van der Waals surface area contributed by atoms with Gasteiger partial charge in [-0.15, -0.1) is 0 Å². The Morgan fingerprint density at radius 3 is 2.13 bits per heavy atom. The lowest BCUT2D eigenvalue weighted by atomic mass is 10.0. The average Bonchev–Trinajstić information content (AvgIpc) is 3.06. The fourth-order valence-electron chi connectivity index (χ4n) is 5.01. The number of carbonyl (C=O) groups is 2. The monoisotopic (exact) mass is 705 g/mol. The molecule has 0 aliphatic carbocycles. The lowest BCUT2D eigenvalue weighted by Crippen LogP contribution is -2.54. The predicted octanol–water partition coefficient (Wildman–Crippen LogP) is 6.52. The number of carbonyl (C=O) groups excluding carboxylic acids is 2. The zero-order chi connectivity index (χ0) is 33.3. The maximum atomic E-state index is 14.6. The van der Waals surface area contributed by atoms with Crippen LogP contribution in [0.2, 0.25) is 0 Å². The molecule has 0 aromatic heterocycles. The SMILES string of the molecule is CC[C@@H](C)NC(=O)[C@@H](Cc1ccccc1)N(Cc1ccc(Br)cc1)C(=O)CN(c1cc(C)ccc1OC)S(=O)(=O)c1ccccc1. The van der Waals surface area contributed by atoms with Crippen LogP contribution in [0.5, 0.6) is 5.75 Å². The van der Waals surface area contributed by atoms with E-state index in [1.54, 1.807) is 30.3 Å². The van der Waals surface area contributed by atoms with Crippen LogP contribution in [-0.2, 0) is 32.6 Å². The minimum absolute atomic E-state index is 0.0289. The molecule has 0 saturated heterocycles. The number of rotatable bonds is 14. The highest BCUT2D eigenvalue weighted by Crippen LogP contribution is 2.34. The summed E-state index contributed by atoms with van der Waals surface area (Å²) in [6.45, 7) is 5.25. The molecule has 2 atom stereocenters. The molecule has 1 N–H and O–H groups in total. The van der Waals surface area contributed by atoms with Crippen molar-refractivity contribution in [2.45, 2.75) is 57.1 Å². The second-order valence-corrected chi connectivity index (χ2v) is 13.9. The molecular formula is C36H40BrN3O5S. The highest BCUT2D eigenvalue weighted by atomic mass is 79.9. The molecule has 0 saturated carbocycles. The molecule has 4 aromatic carbocycles. The van der Waals surface area contributed by atoms with Gasteiger partial charge in [0.05, 0.1) is 17.7 Å². The molecule has 242 valence electrons. The number of anilines is 1. The Morgan fingerprint density at radius 2 is 1.52 bits per heavy atom. The van der Waals surface area contributed by atoms with Gasteiger partial charge in [-0.1, -0.05) is 89.6 Å². The van der Waals surface area contributed by atoms with Gasteiger partial charge in [0.2, 0.25) is 11.8 Å². The molecule has 0 heterocycles. The number of hydrogen-bond acceptors (Lipinski definition) is 5. The van der Waals surface area contributed by atoms with Gasteiger partial charge in [0.1, 0.15) is 18.3 Å². The van der Waals surface area contributed by atoms with Crippen LogP contribution in [-0.4, -0.2) is 50.9 Å². The van der Waals surface area contributed by atoms with Crippen LogP contribution in [0.3, 0.4) is 0 Å². The van der Waals surface area contributed by atoms with Crippen molar-refractivity contribution in [3.63, 3.8) is 0 Å². The Kier molecular flexibility index (Phi) is 12.0. The first-order chi connectivity index (χ1) is 22.0. The molecule has 0 bridgehead atoms. The fraction of sp³-hybridized carbons (Fsp3) is 0.278. The van der Waals surface area contributed by atoms with Gasteiger partial charge < -0.3 is 15.0 Å². The first kappa shape index (κ1) is 34.7. The van der Waals surface area contributed by atoms with Crippen molar-refractivity contribution in [1.82, 2.24) is 10.2 Å². The normalized spacial score (nSPS) is 12.5. The van der Waals surface area contributed by atoms with E-state index in [-0.39, 0.29) is 35.5 Å². The highest BCUT2D eigenvalue weighted by Gasteiger charge is 2.35. The lowest BCUT2D eigenvalue weighted by molar-refractivity contribution is -0.140. The topological polar surface area (TPSA) is 96.0 Å². The van der Waals surface area contributed by atoms with E-state index in [9.17, 15) is 18.0 Å². The van der Waals surface area contributed by atoms with Crippen LogP contribution < -0.4 is 14.4 Å². The number of methoxy groups -OCH3 is 1. The van der Waals surface area contributed by atoms with Crippen LogP contribution in [0.1, 0.15) is 37.0 Å². The quantitative estimate of drug-likeness (QED) is 0.161. The van der Waals surface area contributed by atoms with Gasteiger partial charge in [-0.25, -0.2) is 8.42 Å². The molecule has 8 nitrogen and oxygen atoms in total. The number of nitrogens with one attached hydrogen (secondary N) is 1. The van der Waals surface area contributed by atoms with Crippen molar-refractivity contribution >= 4 is 43.5 Å². The predicted molar refractivity (Wildman–Crippen MR) is 185 cm³/mol. The van der Waals surface area contributed by atoms with E-state index >= 15 is 0 Å². The number of ether oxygens (including phenoxy) is 1. The maximum absolute atomic E-state index is 14.6. The lowest BCUT2D eigenvalue weighted by Gasteiger charge is -2.34. The molecule has 4 rings (SSSR count). The average molecular weight is 707 g/mol. The Bertz CT molecular complexity index is 1720. The number of benzene rings is 4. The molecule has 0 aliphatic rings. The van der Waals surface area contributed by atoms with Crippen molar-refractivity contribution in [2.24, 2.45) is 0 Å². The van der Waals surface area contributed by atoms with Crippen LogP contribution in [0, 0.1) is 6.92 Å². The van der Waals surface area contributed by atoms with Crippen molar-refractivity contribution in [1.29, 1.82) is 0 Å². The molecule has 0 fully saturated rings. The smallest absolute Gasteiger partial charge is 0.264 e. The second-order valence-electron chi connectivity index (χ2n) is 11.2. The summed E-state index contributed by atoms with van der Waals surface area (Å²) in [6, 6.07) is 29.1. The van der Waals surface area contributed by atoms with Crippen LogP contribution in [0.25, 0.3) is 0 Å². The van der Waals surface area contributed by atoms with Crippen LogP contribution in [0.4, 0.5) is 5.69 Å². The largest absolute Gasteiger partial charge is 0.495 e. The number of amides is 2. The third kappa shape index (κ3) is 8.76. The van der Waals surface area contributed by atoms with Crippen molar-refractivity contribution in [3.8, 4) is 5.75 Å². The maximum Gasteiger partial charge on any atom is 0.264 e. The van der Waals surface area contributed by atoms with Gasteiger partial charge in [0, 0.05) is 23.5 Å².